The van der Waals surface area contributed by atoms with Crippen molar-refractivity contribution in [1.29, 1.82) is 0 Å². The number of benzene rings is 1. The van der Waals surface area contributed by atoms with E-state index in [9.17, 15) is 18.0 Å². The number of amides is 1. The molecular weight excluding hydrogens is 369 g/mol. The number of carbonyl (C=O) groups excluding carboxylic acids is 1. The molecule has 2 rings (SSSR count). The van der Waals surface area contributed by atoms with Crippen molar-refractivity contribution in [1.82, 2.24) is 15.1 Å². The fourth-order valence-electron chi connectivity index (χ4n) is 2.48. The number of hydrogen-bond acceptors (Lipinski definition) is 3. The Labute approximate surface area is 156 Å². The van der Waals surface area contributed by atoms with Crippen molar-refractivity contribution < 1.29 is 18.0 Å². The summed E-state index contributed by atoms with van der Waals surface area (Å²) < 4.78 is 39.7. The van der Waals surface area contributed by atoms with E-state index in [1.807, 2.05) is 13.8 Å². The highest BCUT2D eigenvalue weighted by atomic mass is 35.5. The lowest BCUT2D eigenvalue weighted by atomic mass is 9.93. The summed E-state index contributed by atoms with van der Waals surface area (Å²) in [5, 5.41) is 6.96. The molecule has 0 aliphatic carbocycles. The first-order chi connectivity index (χ1) is 11.7. The van der Waals surface area contributed by atoms with Crippen LogP contribution in [0.5, 0.6) is 0 Å². The summed E-state index contributed by atoms with van der Waals surface area (Å²) in [5.74, 6) is -0.403. The molecular formula is C17H22ClF3N4O. The summed E-state index contributed by atoms with van der Waals surface area (Å²) in [6.45, 7) is 4.15. The second kappa shape index (κ2) is 8.55. The van der Waals surface area contributed by atoms with Crippen LogP contribution in [0.1, 0.15) is 42.7 Å². The number of halogens is 4. The van der Waals surface area contributed by atoms with E-state index in [1.54, 1.807) is 0 Å². The molecule has 0 atom stereocenters. The fourth-order valence-corrected chi connectivity index (χ4v) is 2.48. The van der Waals surface area contributed by atoms with Crippen LogP contribution < -0.4 is 11.1 Å². The van der Waals surface area contributed by atoms with E-state index in [1.165, 1.54) is 29.1 Å². The molecule has 3 N–H and O–H groups in total. The van der Waals surface area contributed by atoms with Crippen molar-refractivity contribution in [2.24, 2.45) is 5.73 Å². The lowest BCUT2D eigenvalue weighted by molar-refractivity contribution is -0.137. The van der Waals surface area contributed by atoms with Gasteiger partial charge in [0.2, 0.25) is 0 Å². The van der Waals surface area contributed by atoms with Crippen LogP contribution in [0.2, 0.25) is 0 Å². The highest BCUT2D eigenvalue weighted by Gasteiger charge is 2.31. The molecule has 1 aromatic heterocycles. The lowest BCUT2D eigenvalue weighted by Gasteiger charge is -2.31. The Morgan fingerprint density at radius 1 is 1.23 bits per heavy atom. The van der Waals surface area contributed by atoms with Crippen molar-refractivity contribution in [2.45, 2.75) is 38.4 Å². The number of hydrogen-bond donors (Lipinski definition) is 2. The summed E-state index contributed by atoms with van der Waals surface area (Å²) in [6, 6.07) is 6.22. The fraction of sp³-hybridized carbons (Fsp3) is 0.412. The van der Waals surface area contributed by atoms with Gasteiger partial charge in [-0.3, -0.25) is 4.79 Å². The van der Waals surface area contributed by atoms with Crippen LogP contribution in [0, 0.1) is 0 Å². The number of nitrogens with one attached hydrogen (secondary N) is 1. The normalized spacial score (nSPS) is 11.8. The minimum Gasteiger partial charge on any atom is -0.344 e. The predicted molar refractivity (Wildman–Crippen MR) is 95.6 cm³/mol. The maximum Gasteiger partial charge on any atom is 0.416 e. The molecule has 144 valence electrons. The largest absolute Gasteiger partial charge is 0.416 e. The Balaban J connectivity index is 0.00000338. The van der Waals surface area contributed by atoms with Gasteiger partial charge in [0.15, 0.2) is 5.69 Å². The van der Waals surface area contributed by atoms with Crippen LogP contribution in [0.4, 0.5) is 13.2 Å². The van der Waals surface area contributed by atoms with Crippen LogP contribution in [-0.2, 0) is 6.18 Å². The topological polar surface area (TPSA) is 72.9 Å². The third kappa shape index (κ3) is 4.76. The Morgan fingerprint density at radius 2 is 1.88 bits per heavy atom. The summed E-state index contributed by atoms with van der Waals surface area (Å²) in [4.78, 5) is 12.4. The molecule has 0 spiro atoms. The molecule has 0 bridgehead atoms. The molecule has 26 heavy (non-hydrogen) atoms. The predicted octanol–water partition coefficient (Wildman–Crippen LogP) is 3.56. The van der Waals surface area contributed by atoms with E-state index in [4.69, 9.17) is 5.73 Å². The van der Waals surface area contributed by atoms with Gasteiger partial charge < -0.3 is 11.1 Å². The van der Waals surface area contributed by atoms with Crippen LogP contribution in [0.15, 0.2) is 36.5 Å². The molecule has 1 heterocycles. The summed E-state index contributed by atoms with van der Waals surface area (Å²) in [5.41, 5.74) is 4.82. The van der Waals surface area contributed by atoms with Crippen LogP contribution in [-0.4, -0.2) is 27.8 Å². The number of rotatable bonds is 6. The summed E-state index contributed by atoms with van der Waals surface area (Å²) in [7, 11) is 0. The van der Waals surface area contributed by atoms with Gasteiger partial charge >= 0.3 is 6.18 Å². The third-order valence-corrected chi connectivity index (χ3v) is 4.38. The number of aromatic nitrogens is 2. The van der Waals surface area contributed by atoms with E-state index < -0.39 is 23.2 Å². The monoisotopic (exact) mass is 390 g/mol. The van der Waals surface area contributed by atoms with E-state index in [-0.39, 0.29) is 23.8 Å². The SMILES string of the molecule is CCC(CC)(CN)NC(=O)c1ccn(-c2cccc(C(F)(F)F)c2)n1.Cl. The van der Waals surface area contributed by atoms with Crippen molar-refractivity contribution in [3.63, 3.8) is 0 Å². The highest BCUT2D eigenvalue weighted by Crippen LogP contribution is 2.30. The number of carbonyl (C=O) groups is 1. The molecule has 9 heteroatoms. The van der Waals surface area contributed by atoms with Gasteiger partial charge in [-0.25, -0.2) is 4.68 Å². The standard InChI is InChI=1S/C17H21F3N4O.ClH/c1-3-16(4-2,11-21)22-15(25)14-8-9-24(23-14)13-7-5-6-12(10-13)17(18,19)20;/h5-10H,3-4,11,21H2,1-2H3,(H,22,25);1H. The lowest BCUT2D eigenvalue weighted by Crippen LogP contribution is -2.53. The second-order valence-electron chi connectivity index (χ2n) is 5.84. The van der Waals surface area contributed by atoms with E-state index in [0.29, 0.717) is 19.4 Å². The molecule has 1 amide bonds. The van der Waals surface area contributed by atoms with Crippen molar-refractivity contribution in [2.75, 3.05) is 6.54 Å². The first-order valence-corrected chi connectivity index (χ1v) is 8.00. The molecule has 0 fully saturated rings. The van der Waals surface area contributed by atoms with Crippen LogP contribution in [0.25, 0.3) is 5.69 Å². The van der Waals surface area contributed by atoms with Crippen molar-refractivity contribution >= 4 is 18.3 Å². The quantitative estimate of drug-likeness (QED) is 0.792. The molecule has 0 aliphatic rings. The molecule has 0 aliphatic heterocycles. The van der Waals surface area contributed by atoms with Gasteiger partial charge in [0.05, 0.1) is 16.8 Å². The molecule has 2 aromatic rings. The van der Waals surface area contributed by atoms with Gasteiger partial charge in [0.25, 0.3) is 5.91 Å². The van der Waals surface area contributed by atoms with E-state index in [2.05, 4.69) is 10.4 Å². The molecule has 5 nitrogen and oxygen atoms in total. The maximum atomic E-state index is 12.8. The molecule has 0 saturated heterocycles. The van der Waals surface area contributed by atoms with E-state index in [0.717, 1.165) is 12.1 Å². The maximum absolute atomic E-state index is 12.8. The van der Waals surface area contributed by atoms with Gasteiger partial charge in [0.1, 0.15) is 0 Å². The first kappa shape index (κ1) is 22.0. The second-order valence-corrected chi connectivity index (χ2v) is 5.84. The molecule has 0 unspecified atom stereocenters. The number of alkyl halides is 3. The van der Waals surface area contributed by atoms with Gasteiger partial charge in [-0.15, -0.1) is 12.4 Å². The first-order valence-electron chi connectivity index (χ1n) is 8.00. The Morgan fingerprint density at radius 3 is 2.42 bits per heavy atom. The van der Waals surface area contributed by atoms with Gasteiger partial charge in [0, 0.05) is 12.7 Å². The van der Waals surface area contributed by atoms with Crippen molar-refractivity contribution in [3.05, 3.63) is 47.8 Å². The van der Waals surface area contributed by atoms with Crippen molar-refractivity contribution in [3.8, 4) is 5.69 Å². The third-order valence-electron chi connectivity index (χ3n) is 4.38. The summed E-state index contributed by atoms with van der Waals surface area (Å²) in [6.07, 6.45) is -1.65. The Hall–Kier alpha value is -2.06. The number of nitrogens with two attached hydrogens (primary N) is 1. The molecule has 0 saturated carbocycles. The highest BCUT2D eigenvalue weighted by molar-refractivity contribution is 5.92. The van der Waals surface area contributed by atoms with Crippen LogP contribution in [0.3, 0.4) is 0 Å². The zero-order chi connectivity index (χ0) is 18.7. The Bertz CT molecular complexity index is 733. The zero-order valence-corrected chi connectivity index (χ0v) is 15.3. The zero-order valence-electron chi connectivity index (χ0n) is 14.5. The van der Waals surface area contributed by atoms with Gasteiger partial charge in [-0.2, -0.15) is 18.3 Å². The average molecular weight is 391 g/mol. The molecule has 0 radical (unpaired) electrons. The minimum atomic E-state index is -4.44. The smallest absolute Gasteiger partial charge is 0.344 e. The average Bonchev–Trinajstić information content (AvgIpc) is 3.09. The number of nitrogens with zero attached hydrogens (tertiary/aromatic N) is 2. The van der Waals surface area contributed by atoms with Gasteiger partial charge in [-0.05, 0) is 37.1 Å². The molecule has 1 aromatic carbocycles. The Kier molecular flexibility index (Phi) is 7.23. The minimum absolute atomic E-state index is 0. The van der Waals surface area contributed by atoms with Gasteiger partial charge in [-0.1, -0.05) is 19.9 Å². The summed E-state index contributed by atoms with van der Waals surface area (Å²) >= 11 is 0. The van der Waals surface area contributed by atoms with E-state index >= 15 is 0 Å². The van der Waals surface area contributed by atoms with Crippen LogP contribution >= 0.6 is 12.4 Å².